The van der Waals surface area contributed by atoms with Crippen LogP contribution in [0.4, 0.5) is 0 Å². The number of aliphatic imine (C=N–C) groups is 1. The summed E-state index contributed by atoms with van der Waals surface area (Å²) in [5.74, 6) is 2.76. The van der Waals surface area contributed by atoms with Crippen LogP contribution in [0.15, 0.2) is 22.5 Å². The molecule has 0 radical (unpaired) electrons. The lowest BCUT2D eigenvalue weighted by molar-refractivity contribution is 0.178. The van der Waals surface area contributed by atoms with Crippen molar-refractivity contribution in [1.82, 2.24) is 15.1 Å². The van der Waals surface area contributed by atoms with Crippen molar-refractivity contribution in [3.8, 4) is 0 Å². The van der Waals surface area contributed by atoms with Gasteiger partial charge in [-0.2, -0.15) is 0 Å². The van der Waals surface area contributed by atoms with Crippen LogP contribution >= 0.6 is 35.3 Å². The Hall–Kier alpha value is -0.340. The normalized spacial score (nSPS) is 21.2. The maximum atomic E-state index is 4.51. The molecule has 2 aliphatic rings. The lowest BCUT2D eigenvalue weighted by atomic mass is 9.96. The Morgan fingerprint density at radius 2 is 1.92 bits per heavy atom. The van der Waals surface area contributed by atoms with Gasteiger partial charge in [0, 0.05) is 38.1 Å². The van der Waals surface area contributed by atoms with E-state index in [2.05, 4.69) is 44.5 Å². The van der Waals surface area contributed by atoms with Crippen molar-refractivity contribution in [3.05, 3.63) is 22.4 Å². The fourth-order valence-corrected chi connectivity index (χ4v) is 4.51. The van der Waals surface area contributed by atoms with Crippen molar-refractivity contribution in [2.45, 2.75) is 39.2 Å². The highest BCUT2D eigenvalue weighted by molar-refractivity contribution is 14.0. The highest BCUT2D eigenvalue weighted by Crippen LogP contribution is 2.20. The molecule has 2 aliphatic heterocycles. The van der Waals surface area contributed by atoms with Crippen LogP contribution in [-0.4, -0.2) is 55.5 Å². The zero-order valence-corrected chi connectivity index (χ0v) is 18.8. The fourth-order valence-electron chi connectivity index (χ4n) is 3.76. The van der Waals surface area contributed by atoms with Gasteiger partial charge in [-0.15, -0.1) is 35.3 Å². The monoisotopic (exact) mass is 476 g/mol. The Labute approximate surface area is 174 Å². The topological polar surface area (TPSA) is 30.9 Å². The van der Waals surface area contributed by atoms with Crippen molar-refractivity contribution in [2.75, 3.05) is 39.8 Å². The summed E-state index contributed by atoms with van der Waals surface area (Å²) in [6.45, 7) is 9.32. The minimum atomic E-state index is 0. The van der Waals surface area contributed by atoms with E-state index in [1.165, 1.54) is 43.6 Å². The third-order valence-electron chi connectivity index (χ3n) is 5.51. The molecular formula is C19H33IN4S. The number of hydrogen-bond donors (Lipinski definition) is 1. The smallest absolute Gasteiger partial charge is 0.193 e. The van der Waals surface area contributed by atoms with E-state index in [0.29, 0.717) is 0 Å². The molecular weight excluding hydrogens is 443 g/mol. The molecule has 0 amide bonds. The lowest BCUT2D eigenvalue weighted by Crippen LogP contribution is -2.47. The quantitative estimate of drug-likeness (QED) is 0.407. The molecule has 0 saturated carbocycles. The molecule has 0 bridgehead atoms. The van der Waals surface area contributed by atoms with E-state index in [4.69, 9.17) is 0 Å². The van der Waals surface area contributed by atoms with E-state index in [1.54, 1.807) is 0 Å². The number of halogens is 1. The van der Waals surface area contributed by atoms with Gasteiger partial charge >= 0.3 is 0 Å². The van der Waals surface area contributed by atoms with E-state index >= 15 is 0 Å². The molecule has 3 rings (SSSR count). The van der Waals surface area contributed by atoms with Gasteiger partial charge in [0.2, 0.25) is 0 Å². The number of likely N-dealkylation sites (tertiary alicyclic amines) is 2. The predicted octanol–water partition coefficient (Wildman–Crippen LogP) is 3.89. The maximum absolute atomic E-state index is 4.51. The summed E-state index contributed by atoms with van der Waals surface area (Å²) in [7, 11) is 1.92. The summed E-state index contributed by atoms with van der Waals surface area (Å²) in [6.07, 6.45) is 5.18. The van der Waals surface area contributed by atoms with Gasteiger partial charge in [0.25, 0.3) is 0 Å². The second-order valence-corrected chi connectivity index (χ2v) is 8.43. The number of hydrogen-bond acceptors (Lipinski definition) is 3. The molecule has 0 aliphatic carbocycles. The van der Waals surface area contributed by atoms with Gasteiger partial charge < -0.3 is 10.2 Å². The Balaban J connectivity index is 0.00000225. The average Bonchev–Trinajstić information content (AvgIpc) is 3.11. The molecule has 25 heavy (non-hydrogen) atoms. The minimum absolute atomic E-state index is 0. The van der Waals surface area contributed by atoms with Crippen molar-refractivity contribution < 1.29 is 0 Å². The van der Waals surface area contributed by atoms with E-state index in [0.717, 1.165) is 44.0 Å². The van der Waals surface area contributed by atoms with Crippen molar-refractivity contribution in [2.24, 2.45) is 16.8 Å². The second-order valence-electron chi connectivity index (χ2n) is 7.40. The minimum Gasteiger partial charge on any atom is -0.356 e. The van der Waals surface area contributed by atoms with Crippen molar-refractivity contribution >= 4 is 41.3 Å². The predicted molar refractivity (Wildman–Crippen MR) is 119 cm³/mol. The van der Waals surface area contributed by atoms with Crippen LogP contribution in [-0.2, 0) is 6.54 Å². The first-order valence-electron chi connectivity index (χ1n) is 9.45. The van der Waals surface area contributed by atoms with Gasteiger partial charge in [-0.1, -0.05) is 13.0 Å². The Morgan fingerprint density at radius 3 is 2.52 bits per heavy atom. The lowest BCUT2D eigenvalue weighted by Gasteiger charge is -2.35. The standard InChI is InChI=1S/C19H32N4S.HI/c1-16-5-11-23(12-6-16)19(20-2)21-14-17-7-9-22(10-8-17)15-18-4-3-13-24-18;/h3-4,13,16-17H,5-12,14-15H2,1-2H3,(H,20,21);1H. The average molecular weight is 476 g/mol. The molecule has 3 heterocycles. The van der Waals surface area contributed by atoms with Crippen LogP contribution in [0.2, 0.25) is 0 Å². The number of rotatable bonds is 4. The van der Waals surface area contributed by atoms with Crippen LogP contribution in [0.5, 0.6) is 0 Å². The Bertz CT molecular complexity index is 504. The van der Waals surface area contributed by atoms with Gasteiger partial charge in [0.1, 0.15) is 0 Å². The number of guanidine groups is 1. The third-order valence-corrected chi connectivity index (χ3v) is 6.37. The van der Waals surface area contributed by atoms with Crippen molar-refractivity contribution in [1.29, 1.82) is 0 Å². The molecule has 0 aromatic carbocycles. The van der Waals surface area contributed by atoms with Crippen molar-refractivity contribution in [3.63, 3.8) is 0 Å². The van der Waals surface area contributed by atoms with Crippen LogP contribution in [0.25, 0.3) is 0 Å². The molecule has 2 fully saturated rings. The van der Waals surface area contributed by atoms with Gasteiger partial charge in [-0.25, -0.2) is 0 Å². The largest absolute Gasteiger partial charge is 0.356 e. The summed E-state index contributed by atoms with van der Waals surface area (Å²) in [6, 6.07) is 4.41. The van der Waals surface area contributed by atoms with Gasteiger partial charge in [-0.3, -0.25) is 9.89 Å². The summed E-state index contributed by atoms with van der Waals surface area (Å²) in [4.78, 5) is 11.0. The number of piperidine rings is 2. The first kappa shape index (κ1) is 21.0. The van der Waals surface area contributed by atoms with Gasteiger partial charge in [0.05, 0.1) is 0 Å². The molecule has 1 aromatic rings. The summed E-state index contributed by atoms with van der Waals surface area (Å²) in [5, 5.41) is 5.82. The third kappa shape index (κ3) is 6.40. The number of nitrogens with one attached hydrogen (secondary N) is 1. The van der Waals surface area contributed by atoms with E-state index in [-0.39, 0.29) is 24.0 Å². The van der Waals surface area contributed by atoms with Gasteiger partial charge in [0.15, 0.2) is 5.96 Å². The van der Waals surface area contributed by atoms with Crippen LogP contribution in [0, 0.1) is 11.8 Å². The number of thiophene rings is 1. The molecule has 1 aromatic heterocycles. The summed E-state index contributed by atoms with van der Waals surface area (Å²) in [5.41, 5.74) is 0. The van der Waals surface area contributed by atoms with Crippen LogP contribution in [0.1, 0.15) is 37.5 Å². The molecule has 0 spiro atoms. The van der Waals surface area contributed by atoms with E-state index in [9.17, 15) is 0 Å². The SMILES string of the molecule is CN=C(NCC1CCN(Cc2cccs2)CC1)N1CCC(C)CC1.I. The Morgan fingerprint density at radius 1 is 1.20 bits per heavy atom. The molecule has 0 unspecified atom stereocenters. The summed E-state index contributed by atoms with van der Waals surface area (Å²) >= 11 is 1.88. The highest BCUT2D eigenvalue weighted by atomic mass is 127. The molecule has 142 valence electrons. The first-order valence-corrected chi connectivity index (χ1v) is 10.3. The first-order chi connectivity index (χ1) is 11.7. The van der Waals surface area contributed by atoms with E-state index in [1.807, 2.05) is 18.4 Å². The number of nitrogens with zero attached hydrogens (tertiary/aromatic N) is 3. The molecule has 2 saturated heterocycles. The molecule has 6 heteroatoms. The highest BCUT2D eigenvalue weighted by Gasteiger charge is 2.22. The molecule has 4 nitrogen and oxygen atoms in total. The second kappa shape index (κ2) is 10.7. The molecule has 0 atom stereocenters. The van der Waals surface area contributed by atoms with E-state index < -0.39 is 0 Å². The van der Waals surface area contributed by atoms with Gasteiger partial charge in [-0.05, 0) is 62.1 Å². The molecule has 1 N–H and O–H groups in total. The van der Waals surface area contributed by atoms with Crippen LogP contribution in [0.3, 0.4) is 0 Å². The zero-order chi connectivity index (χ0) is 16.8. The van der Waals surface area contributed by atoms with Crippen LogP contribution < -0.4 is 5.32 Å². The summed E-state index contributed by atoms with van der Waals surface area (Å²) < 4.78 is 0. The maximum Gasteiger partial charge on any atom is 0.193 e. The fraction of sp³-hybridized carbons (Fsp3) is 0.737. The zero-order valence-electron chi connectivity index (χ0n) is 15.6. The Kier molecular flexibility index (Phi) is 8.99.